The van der Waals surface area contributed by atoms with Crippen LogP contribution < -0.4 is 5.32 Å². The predicted molar refractivity (Wildman–Crippen MR) is 79.8 cm³/mol. The Kier molecular flexibility index (Phi) is 4.27. The van der Waals surface area contributed by atoms with Gasteiger partial charge >= 0.3 is 5.00 Å². The number of carbonyl (C=O) groups is 1. The fourth-order valence-electron chi connectivity index (χ4n) is 1.51. The van der Waals surface area contributed by atoms with E-state index in [9.17, 15) is 14.9 Å². The van der Waals surface area contributed by atoms with Gasteiger partial charge in [0, 0.05) is 22.7 Å². The van der Waals surface area contributed by atoms with E-state index in [4.69, 9.17) is 0 Å². The zero-order valence-corrected chi connectivity index (χ0v) is 11.5. The number of nitro groups is 1. The van der Waals surface area contributed by atoms with Crippen LogP contribution in [0.5, 0.6) is 0 Å². The minimum atomic E-state index is -0.450. The van der Waals surface area contributed by atoms with Crippen LogP contribution in [0.4, 0.5) is 10.7 Å². The van der Waals surface area contributed by atoms with Gasteiger partial charge in [0.25, 0.3) is 0 Å². The summed E-state index contributed by atoms with van der Waals surface area (Å²) in [6, 6.07) is 10.5. The van der Waals surface area contributed by atoms with Gasteiger partial charge in [-0.05, 0) is 31.2 Å². The van der Waals surface area contributed by atoms with Gasteiger partial charge in [0.1, 0.15) is 0 Å². The summed E-state index contributed by atoms with van der Waals surface area (Å²) in [7, 11) is 0. The van der Waals surface area contributed by atoms with E-state index in [1.807, 2.05) is 31.2 Å². The van der Waals surface area contributed by atoms with Gasteiger partial charge in [0.2, 0.25) is 5.91 Å². The molecule has 0 atom stereocenters. The fourth-order valence-corrected chi connectivity index (χ4v) is 2.23. The third-order valence-electron chi connectivity index (χ3n) is 2.51. The predicted octanol–water partition coefficient (Wildman–Crippen LogP) is 3.62. The molecule has 0 fully saturated rings. The highest BCUT2D eigenvalue weighted by molar-refractivity contribution is 7.16. The van der Waals surface area contributed by atoms with E-state index in [-0.39, 0.29) is 10.9 Å². The lowest BCUT2D eigenvalue weighted by atomic mass is 10.2. The smallest absolute Gasteiger partial charge is 0.323 e. The van der Waals surface area contributed by atoms with Crippen LogP contribution >= 0.6 is 11.3 Å². The number of hydrogen-bond donors (Lipinski definition) is 1. The molecule has 0 aliphatic heterocycles. The summed E-state index contributed by atoms with van der Waals surface area (Å²) in [5, 5.41) is 13.3. The van der Waals surface area contributed by atoms with Crippen molar-refractivity contribution >= 4 is 34.0 Å². The Balaban J connectivity index is 1.98. The van der Waals surface area contributed by atoms with Crippen molar-refractivity contribution in [1.29, 1.82) is 0 Å². The first-order chi connectivity index (χ1) is 9.54. The van der Waals surface area contributed by atoms with E-state index in [0.717, 1.165) is 16.9 Å². The number of hydrogen-bond acceptors (Lipinski definition) is 4. The number of rotatable bonds is 4. The third-order valence-corrected chi connectivity index (χ3v) is 3.51. The van der Waals surface area contributed by atoms with E-state index < -0.39 is 4.92 Å². The van der Waals surface area contributed by atoms with Crippen molar-refractivity contribution in [1.82, 2.24) is 0 Å². The fraction of sp³-hybridized carbons (Fsp3) is 0.0714. The molecule has 20 heavy (non-hydrogen) atoms. The first-order valence-electron chi connectivity index (χ1n) is 5.84. The van der Waals surface area contributed by atoms with Crippen molar-refractivity contribution in [3.8, 4) is 0 Å². The highest BCUT2D eigenvalue weighted by Crippen LogP contribution is 2.24. The quantitative estimate of drug-likeness (QED) is 0.530. The van der Waals surface area contributed by atoms with Crippen LogP contribution in [0.25, 0.3) is 6.08 Å². The van der Waals surface area contributed by atoms with Gasteiger partial charge in [0.05, 0.1) is 4.92 Å². The Hall–Kier alpha value is -2.47. The SMILES string of the molecule is Cc1ccc(NC(=O)/C=C/c2ccc([N+](=O)[O-])s2)cc1. The van der Waals surface area contributed by atoms with Crippen molar-refractivity contribution < 1.29 is 9.72 Å². The highest BCUT2D eigenvalue weighted by atomic mass is 32.1. The number of amides is 1. The maximum Gasteiger partial charge on any atom is 0.324 e. The summed E-state index contributed by atoms with van der Waals surface area (Å²) < 4.78 is 0. The summed E-state index contributed by atoms with van der Waals surface area (Å²) in [5.74, 6) is -0.273. The van der Waals surface area contributed by atoms with Gasteiger partial charge in [0.15, 0.2) is 0 Å². The monoisotopic (exact) mass is 288 g/mol. The molecule has 0 saturated heterocycles. The lowest BCUT2D eigenvalue weighted by Gasteiger charge is -2.01. The lowest BCUT2D eigenvalue weighted by molar-refractivity contribution is -0.380. The minimum Gasteiger partial charge on any atom is -0.323 e. The first-order valence-corrected chi connectivity index (χ1v) is 6.66. The Labute approximate surface area is 119 Å². The van der Waals surface area contributed by atoms with Crippen molar-refractivity contribution in [2.45, 2.75) is 6.92 Å². The molecule has 6 heteroatoms. The average molecular weight is 288 g/mol. The standard InChI is InChI=1S/C14H12N2O3S/c1-10-2-4-11(5-3-10)15-13(17)8-6-12-7-9-14(20-12)16(18)19/h2-9H,1H3,(H,15,17)/b8-6+. The van der Waals surface area contributed by atoms with Gasteiger partial charge in [-0.15, -0.1) is 0 Å². The Morgan fingerprint density at radius 3 is 2.55 bits per heavy atom. The number of thiophene rings is 1. The van der Waals surface area contributed by atoms with E-state index in [1.165, 1.54) is 12.1 Å². The van der Waals surface area contributed by atoms with Crippen LogP contribution in [0.2, 0.25) is 0 Å². The topological polar surface area (TPSA) is 72.2 Å². The molecule has 0 bridgehead atoms. The summed E-state index contributed by atoms with van der Waals surface area (Å²) in [6.45, 7) is 1.97. The second-order valence-corrected chi connectivity index (χ2v) is 5.22. The Bertz CT molecular complexity index is 659. The van der Waals surface area contributed by atoms with Crippen molar-refractivity contribution in [2.24, 2.45) is 0 Å². The van der Waals surface area contributed by atoms with E-state index in [2.05, 4.69) is 5.32 Å². The van der Waals surface area contributed by atoms with Crippen molar-refractivity contribution in [3.63, 3.8) is 0 Å². The molecule has 1 N–H and O–H groups in total. The minimum absolute atomic E-state index is 0.0589. The maximum atomic E-state index is 11.7. The normalized spacial score (nSPS) is 10.7. The molecule has 0 unspecified atom stereocenters. The van der Waals surface area contributed by atoms with E-state index in [1.54, 1.807) is 12.1 Å². The molecule has 5 nitrogen and oxygen atoms in total. The number of aryl methyl sites for hydroxylation is 1. The van der Waals surface area contributed by atoms with Crippen molar-refractivity contribution in [2.75, 3.05) is 5.32 Å². The van der Waals surface area contributed by atoms with Crippen LogP contribution in [-0.4, -0.2) is 10.8 Å². The number of nitrogens with zero attached hydrogens (tertiary/aromatic N) is 1. The van der Waals surface area contributed by atoms with Gasteiger partial charge < -0.3 is 5.32 Å². The molecule has 0 radical (unpaired) electrons. The number of benzene rings is 1. The largest absolute Gasteiger partial charge is 0.324 e. The number of carbonyl (C=O) groups excluding carboxylic acids is 1. The third kappa shape index (κ3) is 3.76. The zero-order valence-electron chi connectivity index (χ0n) is 10.7. The molecule has 1 aromatic heterocycles. The second-order valence-electron chi connectivity index (χ2n) is 4.12. The molecule has 0 aliphatic carbocycles. The molecule has 2 rings (SSSR count). The van der Waals surface area contributed by atoms with Gasteiger partial charge in [-0.25, -0.2) is 0 Å². The second kappa shape index (κ2) is 6.12. The molecule has 1 aromatic carbocycles. The van der Waals surface area contributed by atoms with Crippen molar-refractivity contribution in [3.05, 3.63) is 63.0 Å². The van der Waals surface area contributed by atoms with Crippen LogP contribution in [0.1, 0.15) is 10.4 Å². The molecule has 0 aliphatic rings. The summed E-state index contributed by atoms with van der Waals surface area (Å²) in [6.07, 6.45) is 2.91. The molecule has 0 saturated carbocycles. The number of nitrogens with one attached hydrogen (secondary N) is 1. The Morgan fingerprint density at radius 1 is 1.25 bits per heavy atom. The molecular weight excluding hydrogens is 276 g/mol. The molecule has 102 valence electrons. The van der Waals surface area contributed by atoms with Gasteiger partial charge in [-0.1, -0.05) is 29.0 Å². The molecule has 2 aromatic rings. The summed E-state index contributed by atoms with van der Waals surface area (Å²) in [5.41, 5.74) is 1.83. The summed E-state index contributed by atoms with van der Waals surface area (Å²) >= 11 is 1.03. The van der Waals surface area contributed by atoms with Crippen LogP contribution in [0.15, 0.2) is 42.5 Å². The first kappa shape index (κ1) is 14.0. The number of anilines is 1. The lowest BCUT2D eigenvalue weighted by Crippen LogP contribution is -2.07. The van der Waals surface area contributed by atoms with E-state index in [0.29, 0.717) is 10.6 Å². The van der Waals surface area contributed by atoms with Crippen LogP contribution in [0, 0.1) is 17.0 Å². The molecule has 1 amide bonds. The molecule has 0 spiro atoms. The van der Waals surface area contributed by atoms with Crippen LogP contribution in [0.3, 0.4) is 0 Å². The van der Waals surface area contributed by atoms with Gasteiger partial charge in [-0.3, -0.25) is 14.9 Å². The zero-order chi connectivity index (χ0) is 14.5. The molecular formula is C14H12N2O3S. The Morgan fingerprint density at radius 2 is 1.95 bits per heavy atom. The van der Waals surface area contributed by atoms with E-state index >= 15 is 0 Å². The summed E-state index contributed by atoms with van der Waals surface area (Å²) in [4.78, 5) is 22.4. The maximum absolute atomic E-state index is 11.7. The van der Waals surface area contributed by atoms with Crippen LogP contribution in [-0.2, 0) is 4.79 Å². The molecule has 1 heterocycles. The average Bonchev–Trinajstić information content (AvgIpc) is 2.88. The highest BCUT2D eigenvalue weighted by Gasteiger charge is 2.07. The van der Waals surface area contributed by atoms with Gasteiger partial charge in [-0.2, -0.15) is 0 Å².